The first-order chi connectivity index (χ1) is 10.2. The molecule has 0 radical (unpaired) electrons. The normalized spacial score (nSPS) is 21.0. The number of nitrogens with zero attached hydrogens (tertiary/aromatic N) is 1. The summed E-state index contributed by atoms with van der Waals surface area (Å²) >= 11 is 0. The Morgan fingerprint density at radius 2 is 2.48 bits per heavy atom. The van der Waals surface area contributed by atoms with Gasteiger partial charge < -0.3 is 24.7 Å². The smallest absolute Gasteiger partial charge is 0.315 e. The number of methoxy groups -OCH3 is 1. The molecule has 1 aliphatic rings. The maximum Gasteiger partial charge on any atom is 0.315 e. The van der Waals surface area contributed by atoms with E-state index in [0.29, 0.717) is 24.8 Å². The molecule has 6 heteroatoms. The molecule has 21 heavy (non-hydrogen) atoms. The fourth-order valence-electron chi connectivity index (χ4n) is 2.74. The van der Waals surface area contributed by atoms with Gasteiger partial charge in [0.15, 0.2) is 0 Å². The van der Waals surface area contributed by atoms with Crippen LogP contribution < -0.4 is 10.6 Å². The van der Waals surface area contributed by atoms with Gasteiger partial charge in [0.25, 0.3) is 0 Å². The summed E-state index contributed by atoms with van der Waals surface area (Å²) in [6.45, 7) is 3.28. The first-order valence-corrected chi connectivity index (χ1v) is 7.44. The van der Waals surface area contributed by atoms with Gasteiger partial charge in [0.05, 0.1) is 12.9 Å². The van der Waals surface area contributed by atoms with Crippen molar-refractivity contribution < 1.29 is 13.9 Å². The van der Waals surface area contributed by atoms with E-state index in [1.807, 2.05) is 6.07 Å². The fourth-order valence-corrected chi connectivity index (χ4v) is 2.74. The number of amides is 2. The molecule has 6 nitrogen and oxygen atoms in total. The second-order valence-electron chi connectivity index (χ2n) is 5.65. The number of carbonyl (C=O) groups is 1. The van der Waals surface area contributed by atoms with Crippen LogP contribution in [0.2, 0.25) is 0 Å². The Labute approximate surface area is 125 Å². The molecule has 2 rings (SSSR count). The van der Waals surface area contributed by atoms with E-state index in [0.717, 1.165) is 13.1 Å². The highest BCUT2D eigenvalue weighted by Gasteiger charge is 2.20. The summed E-state index contributed by atoms with van der Waals surface area (Å²) in [6, 6.07) is 3.19. The highest BCUT2D eigenvalue weighted by molar-refractivity contribution is 5.74. The number of urea groups is 1. The largest absolute Gasteiger partial charge is 0.467 e. The van der Waals surface area contributed by atoms with Gasteiger partial charge in [-0.2, -0.15) is 0 Å². The number of carbonyl (C=O) groups excluding carboxylic acids is 1. The lowest BCUT2D eigenvalue weighted by molar-refractivity contribution is 0.155. The van der Waals surface area contributed by atoms with Crippen LogP contribution in [0.3, 0.4) is 0 Å². The Bertz CT molecular complexity index is 422. The van der Waals surface area contributed by atoms with Crippen LogP contribution in [0.5, 0.6) is 0 Å². The predicted molar refractivity (Wildman–Crippen MR) is 80.1 cm³/mol. The van der Waals surface area contributed by atoms with Crippen LogP contribution in [0.15, 0.2) is 22.8 Å². The zero-order valence-corrected chi connectivity index (χ0v) is 12.8. The van der Waals surface area contributed by atoms with Crippen LogP contribution in [-0.2, 0) is 4.74 Å². The number of hydrogen-bond acceptors (Lipinski definition) is 4. The van der Waals surface area contributed by atoms with Crippen molar-refractivity contribution >= 4 is 6.03 Å². The summed E-state index contributed by atoms with van der Waals surface area (Å²) in [5.41, 5.74) is 0. The van der Waals surface area contributed by atoms with Gasteiger partial charge in [0.1, 0.15) is 11.8 Å². The molecule has 0 saturated carbocycles. The lowest BCUT2D eigenvalue weighted by Crippen LogP contribution is -2.44. The Morgan fingerprint density at radius 1 is 1.62 bits per heavy atom. The first kappa shape index (κ1) is 15.9. The van der Waals surface area contributed by atoms with Gasteiger partial charge in [-0.1, -0.05) is 0 Å². The molecule has 2 N–H and O–H groups in total. The van der Waals surface area contributed by atoms with Crippen molar-refractivity contribution in [3.8, 4) is 0 Å². The molecule has 0 spiro atoms. The molecular formula is C15H25N3O3. The molecule has 1 fully saturated rings. The number of rotatable bonds is 6. The van der Waals surface area contributed by atoms with Crippen molar-refractivity contribution in [2.45, 2.75) is 18.9 Å². The highest BCUT2D eigenvalue weighted by Crippen LogP contribution is 2.15. The summed E-state index contributed by atoms with van der Waals surface area (Å²) in [6.07, 6.45) is 3.96. The van der Waals surface area contributed by atoms with Gasteiger partial charge in [-0.15, -0.1) is 0 Å². The molecule has 1 aromatic heterocycles. The van der Waals surface area contributed by atoms with Gasteiger partial charge in [-0.3, -0.25) is 0 Å². The van der Waals surface area contributed by atoms with Crippen LogP contribution in [0.1, 0.15) is 24.6 Å². The monoisotopic (exact) mass is 295 g/mol. The van der Waals surface area contributed by atoms with Crippen molar-refractivity contribution in [1.82, 2.24) is 15.5 Å². The van der Waals surface area contributed by atoms with Gasteiger partial charge in [-0.25, -0.2) is 4.79 Å². The van der Waals surface area contributed by atoms with E-state index in [1.54, 1.807) is 19.4 Å². The molecule has 1 aromatic rings. The van der Waals surface area contributed by atoms with E-state index in [9.17, 15) is 4.79 Å². The minimum absolute atomic E-state index is 0.179. The minimum Gasteiger partial charge on any atom is -0.467 e. The van der Waals surface area contributed by atoms with Crippen LogP contribution in [-0.4, -0.2) is 51.3 Å². The van der Waals surface area contributed by atoms with Gasteiger partial charge in [0, 0.05) is 20.2 Å². The molecular weight excluding hydrogens is 270 g/mol. The van der Waals surface area contributed by atoms with Crippen molar-refractivity contribution in [2.24, 2.45) is 5.92 Å². The van der Waals surface area contributed by atoms with E-state index in [2.05, 4.69) is 22.6 Å². The third kappa shape index (κ3) is 5.06. The number of hydrogen-bond donors (Lipinski definition) is 2. The first-order valence-electron chi connectivity index (χ1n) is 7.44. The zero-order chi connectivity index (χ0) is 15.1. The molecule has 2 heterocycles. The lowest BCUT2D eigenvalue weighted by atomic mass is 9.99. The average Bonchev–Trinajstić information content (AvgIpc) is 2.99. The third-order valence-electron chi connectivity index (χ3n) is 3.80. The molecule has 2 amide bonds. The summed E-state index contributed by atoms with van der Waals surface area (Å²) in [7, 11) is 3.73. The Morgan fingerprint density at radius 3 is 3.14 bits per heavy atom. The molecule has 0 aromatic carbocycles. The number of furan rings is 1. The quantitative estimate of drug-likeness (QED) is 0.837. The maximum absolute atomic E-state index is 12.0. The second-order valence-corrected chi connectivity index (χ2v) is 5.65. The summed E-state index contributed by atoms with van der Waals surface area (Å²) in [4.78, 5) is 14.3. The second kappa shape index (κ2) is 8.05. The van der Waals surface area contributed by atoms with E-state index < -0.39 is 0 Å². The molecule has 1 saturated heterocycles. The highest BCUT2D eigenvalue weighted by atomic mass is 16.5. The van der Waals surface area contributed by atoms with Gasteiger partial charge in [0.2, 0.25) is 0 Å². The fraction of sp³-hybridized carbons (Fsp3) is 0.667. The van der Waals surface area contributed by atoms with Gasteiger partial charge in [-0.05, 0) is 44.5 Å². The van der Waals surface area contributed by atoms with Crippen molar-refractivity contribution in [3.05, 3.63) is 24.2 Å². The van der Waals surface area contributed by atoms with Crippen LogP contribution in [0.25, 0.3) is 0 Å². The van der Waals surface area contributed by atoms with Crippen LogP contribution in [0, 0.1) is 5.92 Å². The van der Waals surface area contributed by atoms with E-state index >= 15 is 0 Å². The van der Waals surface area contributed by atoms with Crippen molar-refractivity contribution in [2.75, 3.05) is 40.4 Å². The molecule has 2 atom stereocenters. The topological polar surface area (TPSA) is 66.7 Å². The molecule has 0 bridgehead atoms. The third-order valence-corrected chi connectivity index (χ3v) is 3.80. The van der Waals surface area contributed by atoms with Gasteiger partial charge >= 0.3 is 6.03 Å². The van der Waals surface area contributed by atoms with Crippen LogP contribution in [0.4, 0.5) is 4.79 Å². The molecule has 0 aliphatic carbocycles. The Kier molecular flexibility index (Phi) is 6.07. The summed E-state index contributed by atoms with van der Waals surface area (Å²) in [5.74, 6) is 1.23. The SMILES string of the molecule is COC[C@H](NC(=O)NC[C@H]1CCCN(C)C1)c1ccco1. The van der Waals surface area contributed by atoms with Crippen molar-refractivity contribution in [3.63, 3.8) is 0 Å². The molecule has 0 unspecified atom stereocenters. The lowest BCUT2D eigenvalue weighted by Gasteiger charge is -2.29. The van der Waals surface area contributed by atoms with E-state index in [4.69, 9.17) is 9.15 Å². The molecule has 1 aliphatic heterocycles. The van der Waals surface area contributed by atoms with Crippen LogP contribution >= 0.6 is 0 Å². The standard InChI is InChI=1S/C15H25N3O3/c1-18-7-3-5-12(10-18)9-16-15(19)17-13(11-20-2)14-6-4-8-21-14/h4,6,8,12-13H,3,5,7,9-11H2,1-2H3,(H2,16,17,19)/t12-,13+/m1/s1. The Balaban J connectivity index is 1.77. The maximum atomic E-state index is 12.0. The predicted octanol–water partition coefficient (Wildman–Crippen LogP) is 1.61. The summed E-state index contributed by atoms with van der Waals surface area (Å²) < 4.78 is 10.5. The average molecular weight is 295 g/mol. The number of ether oxygens (including phenoxy) is 1. The van der Waals surface area contributed by atoms with E-state index in [1.165, 1.54) is 12.8 Å². The summed E-state index contributed by atoms with van der Waals surface area (Å²) in [5, 5.41) is 5.84. The van der Waals surface area contributed by atoms with E-state index in [-0.39, 0.29) is 12.1 Å². The zero-order valence-electron chi connectivity index (χ0n) is 12.8. The number of nitrogens with one attached hydrogen (secondary N) is 2. The minimum atomic E-state index is -0.265. The van der Waals surface area contributed by atoms with Crippen molar-refractivity contribution in [1.29, 1.82) is 0 Å². The molecule has 118 valence electrons. The number of piperidine rings is 1. The Hall–Kier alpha value is -1.53. The number of likely N-dealkylation sites (tertiary alicyclic amines) is 1.